The Morgan fingerprint density at radius 2 is 1.24 bits per heavy atom. The Labute approximate surface area is 205 Å². The zero-order valence-corrected chi connectivity index (χ0v) is 21.1. The van der Waals surface area contributed by atoms with Gasteiger partial charge in [-0.3, -0.25) is 0 Å². The number of carbonyl (C=O) groups excluding carboxylic acids is 1. The third-order valence-corrected chi connectivity index (χ3v) is 6.07. The van der Waals surface area contributed by atoms with E-state index in [1.54, 1.807) is 0 Å². The Bertz CT molecular complexity index is 637. The summed E-state index contributed by atoms with van der Waals surface area (Å²) in [6, 6.07) is 3.61. The van der Waals surface area contributed by atoms with Crippen molar-refractivity contribution in [3.63, 3.8) is 0 Å². The molecule has 0 saturated carbocycles. The number of carbonyl (C=O) groups is 1. The molecule has 1 rings (SSSR count). The van der Waals surface area contributed by atoms with Crippen molar-refractivity contribution in [3.05, 3.63) is 29.3 Å². The molecule has 0 radical (unpaired) electrons. The molecule has 196 valence electrons. The summed E-state index contributed by atoms with van der Waals surface area (Å²) in [6.45, 7) is 4.47. The second kappa shape index (κ2) is 20.7. The van der Waals surface area contributed by atoms with Crippen molar-refractivity contribution >= 4 is 5.97 Å². The summed E-state index contributed by atoms with van der Waals surface area (Å²) in [7, 11) is 0. The molecule has 4 nitrogen and oxygen atoms in total. The summed E-state index contributed by atoms with van der Waals surface area (Å²) in [5.74, 6) is -1.34. The first-order chi connectivity index (χ1) is 16.6. The maximum atomic E-state index is 13.0. The van der Waals surface area contributed by atoms with Gasteiger partial charge < -0.3 is 19.4 Å². The van der Waals surface area contributed by atoms with E-state index in [-0.39, 0.29) is 5.75 Å². The molecule has 0 heterocycles. The van der Waals surface area contributed by atoms with Crippen LogP contribution in [0.1, 0.15) is 132 Å². The number of halogens is 2. The lowest BCUT2D eigenvalue weighted by atomic mass is 10.1. The van der Waals surface area contributed by atoms with Crippen molar-refractivity contribution in [2.24, 2.45) is 0 Å². The van der Waals surface area contributed by atoms with Crippen LogP contribution in [0.3, 0.4) is 0 Å². The molecule has 0 fully saturated rings. The maximum absolute atomic E-state index is 13.0. The minimum atomic E-state index is -2.88. The van der Waals surface area contributed by atoms with Gasteiger partial charge in [-0.15, -0.1) is 0 Å². The van der Waals surface area contributed by atoms with Crippen LogP contribution in [0.4, 0.5) is 8.78 Å². The fraction of sp³-hybridized carbons (Fsp3) is 0.750. The highest BCUT2D eigenvalue weighted by Crippen LogP contribution is 2.27. The average Bonchev–Trinajstić information content (AvgIpc) is 2.82. The predicted molar refractivity (Wildman–Crippen MR) is 132 cm³/mol. The summed E-state index contributed by atoms with van der Waals surface area (Å²) < 4.78 is 37.2. The summed E-state index contributed by atoms with van der Waals surface area (Å²) in [4.78, 5) is 10.9. The van der Waals surface area contributed by atoms with Crippen LogP contribution in [0.15, 0.2) is 18.2 Å². The molecule has 0 spiro atoms. The minimum absolute atomic E-state index is 0.268. The highest BCUT2D eigenvalue weighted by molar-refractivity contribution is 5.88. The Hall–Kier alpha value is -1.69. The van der Waals surface area contributed by atoms with Crippen LogP contribution >= 0.6 is 0 Å². The molecule has 1 aromatic carbocycles. The number of alkyl halides is 2. The fourth-order valence-corrected chi connectivity index (χ4v) is 3.99. The molecule has 0 aliphatic carbocycles. The quantitative estimate of drug-likeness (QED) is 0.150. The zero-order chi connectivity index (χ0) is 24.9. The Morgan fingerprint density at radius 3 is 1.71 bits per heavy atom. The maximum Gasteiger partial charge on any atom is 0.264 e. The van der Waals surface area contributed by atoms with Gasteiger partial charge in [0.2, 0.25) is 0 Å². The van der Waals surface area contributed by atoms with Crippen molar-refractivity contribution in [1.29, 1.82) is 0 Å². The number of rotatable bonds is 23. The fourth-order valence-electron chi connectivity index (χ4n) is 3.99. The summed E-state index contributed by atoms with van der Waals surface area (Å²) in [5.41, 5.74) is -1.05. The Balaban J connectivity index is 1.88. The molecule has 0 aliphatic heterocycles. The van der Waals surface area contributed by atoms with Crippen molar-refractivity contribution in [2.75, 3.05) is 19.8 Å². The van der Waals surface area contributed by atoms with Crippen molar-refractivity contribution in [1.82, 2.24) is 0 Å². The first-order valence-electron chi connectivity index (χ1n) is 13.4. The third-order valence-electron chi connectivity index (χ3n) is 6.07. The Morgan fingerprint density at radius 1 is 0.765 bits per heavy atom. The van der Waals surface area contributed by atoms with E-state index in [9.17, 15) is 18.7 Å². The molecule has 0 aromatic heterocycles. The molecule has 0 unspecified atom stereocenters. The molecule has 0 bridgehead atoms. The van der Waals surface area contributed by atoms with Gasteiger partial charge in [-0.1, -0.05) is 90.4 Å². The molecule has 0 amide bonds. The van der Waals surface area contributed by atoms with E-state index in [1.807, 2.05) is 0 Å². The highest BCUT2D eigenvalue weighted by Gasteiger charge is 2.15. The van der Waals surface area contributed by atoms with E-state index >= 15 is 0 Å². The van der Waals surface area contributed by atoms with Crippen molar-refractivity contribution in [2.45, 2.75) is 116 Å². The topological polar surface area (TPSA) is 58.6 Å². The van der Waals surface area contributed by atoms with E-state index in [0.29, 0.717) is 6.61 Å². The predicted octanol–water partition coefficient (Wildman–Crippen LogP) is 7.64. The van der Waals surface area contributed by atoms with E-state index in [4.69, 9.17) is 9.47 Å². The van der Waals surface area contributed by atoms with Crippen LogP contribution in [0.2, 0.25) is 0 Å². The van der Waals surface area contributed by atoms with E-state index < -0.39 is 23.5 Å². The lowest BCUT2D eigenvalue weighted by molar-refractivity contribution is -0.255. The number of unbranched alkanes of at least 4 members (excludes halogenated alkanes) is 14. The SMILES string of the molecule is CCCCCCCCCCOCCCCCCCCCCOc1ccc(C(=O)[O-])c(C(F)F)c1. The molecule has 0 N–H and O–H groups in total. The molecule has 34 heavy (non-hydrogen) atoms. The van der Waals surface area contributed by atoms with E-state index in [0.717, 1.165) is 51.0 Å². The average molecular weight is 484 g/mol. The Kier molecular flexibility index (Phi) is 18.4. The normalized spacial score (nSPS) is 11.3. The number of carboxylic acids is 1. The molecule has 0 saturated heterocycles. The van der Waals surface area contributed by atoms with Gasteiger partial charge in [0, 0.05) is 24.3 Å². The number of carboxylic acid groups (broad SMARTS) is 1. The van der Waals surface area contributed by atoms with E-state index in [2.05, 4.69) is 6.92 Å². The van der Waals surface area contributed by atoms with Crippen molar-refractivity contribution < 1.29 is 28.2 Å². The lowest BCUT2D eigenvalue weighted by Crippen LogP contribution is -2.23. The first-order valence-corrected chi connectivity index (χ1v) is 13.4. The van der Waals surface area contributed by atoms with Crippen molar-refractivity contribution in [3.8, 4) is 5.75 Å². The number of hydrogen-bond acceptors (Lipinski definition) is 4. The van der Waals surface area contributed by atoms with Crippen LogP contribution in [-0.2, 0) is 4.74 Å². The molecular formula is C28H45F2O4-. The van der Waals surface area contributed by atoms with Crippen LogP contribution < -0.4 is 9.84 Å². The standard InChI is InChI=1S/C28H46F2O4/c1-2-3-4-5-6-9-12-15-20-33-21-16-13-10-7-8-11-14-17-22-34-24-18-19-25(28(31)32)26(23-24)27(29)30/h18-19,23,27H,2-17,20-22H2,1H3,(H,31,32)/p-1. The van der Waals surface area contributed by atoms with Gasteiger partial charge in [-0.2, -0.15) is 0 Å². The summed E-state index contributed by atoms with van der Waals surface area (Å²) in [5, 5.41) is 10.9. The van der Waals surface area contributed by atoms with Crippen LogP contribution in [0.25, 0.3) is 0 Å². The monoisotopic (exact) mass is 483 g/mol. The van der Waals surface area contributed by atoms with Gasteiger partial charge >= 0.3 is 0 Å². The second-order valence-corrected chi connectivity index (χ2v) is 9.10. The smallest absolute Gasteiger partial charge is 0.264 e. The molecule has 0 aliphatic rings. The molecule has 6 heteroatoms. The highest BCUT2D eigenvalue weighted by atomic mass is 19.3. The van der Waals surface area contributed by atoms with Crippen LogP contribution in [0, 0.1) is 0 Å². The summed E-state index contributed by atoms with van der Waals surface area (Å²) in [6.07, 6.45) is 16.8. The largest absolute Gasteiger partial charge is 0.545 e. The molecule has 0 atom stereocenters. The minimum Gasteiger partial charge on any atom is -0.545 e. The van der Waals surface area contributed by atoms with Gasteiger partial charge in [0.1, 0.15) is 5.75 Å². The number of hydrogen-bond donors (Lipinski definition) is 0. The summed E-state index contributed by atoms with van der Waals surface area (Å²) >= 11 is 0. The zero-order valence-electron chi connectivity index (χ0n) is 21.1. The van der Waals surface area contributed by atoms with E-state index in [1.165, 1.54) is 83.1 Å². The molecular weight excluding hydrogens is 438 g/mol. The lowest BCUT2D eigenvalue weighted by Gasteiger charge is -2.12. The number of benzene rings is 1. The van der Waals surface area contributed by atoms with Gasteiger partial charge in [0.05, 0.1) is 12.6 Å². The number of ether oxygens (including phenoxy) is 2. The molecule has 1 aromatic rings. The second-order valence-electron chi connectivity index (χ2n) is 9.10. The van der Waals surface area contributed by atoms with Gasteiger partial charge in [-0.05, 0) is 37.5 Å². The number of aromatic carboxylic acids is 1. The van der Waals surface area contributed by atoms with Gasteiger partial charge in [0.15, 0.2) is 0 Å². The van der Waals surface area contributed by atoms with Crippen LogP contribution in [-0.4, -0.2) is 25.8 Å². The van der Waals surface area contributed by atoms with Gasteiger partial charge in [0.25, 0.3) is 6.43 Å². The first kappa shape index (κ1) is 30.3. The van der Waals surface area contributed by atoms with Crippen LogP contribution in [0.5, 0.6) is 5.75 Å². The third kappa shape index (κ3) is 15.3. The van der Waals surface area contributed by atoms with Gasteiger partial charge in [-0.25, -0.2) is 8.78 Å².